The molecule has 0 bridgehead atoms. The Bertz CT molecular complexity index is 402. The SMILES string of the molecule is CCCCCCCC1(C(=O)O)CC(CSC(=N)N)OC1=O. The van der Waals surface area contributed by atoms with Gasteiger partial charge in [0.15, 0.2) is 10.6 Å². The quantitative estimate of drug-likeness (QED) is 0.198. The number of unbranched alkanes of at least 4 members (excludes halogenated alkanes) is 4. The van der Waals surface area contributed by atoms with Crippen molar-refractivity contribution in [3.63, 3.8) is 0 Å². The zero-order valence-corrected chi connectivity index (χ0v) is 13.2. The van der Waals surface area contributed by atoms with E-state index in [1.54, 1.807) is 0 Å². The molecule has 7 heteroatoms. The molecule has 1 saturated heterocycles. The van der Waals surface area contributed by atoms with E-state index in [4.69, 9.17) is 15.9 Å². The van der Waals surface area contributed by atoms with E-state index in [1.807, 2.05) is 0 Å². The van der Waals surface area contributed by atoms with Gasteiger partial charge in [-0.05, 0) is 6.42 Å². The minimum Gasteiger partial charge on any atom is -0.480 e. The Labute approximate surface area is 129 Å². The summed E-state index contributed by atoms with van der Waals surface area (Å²) in [5.74, 6) is -1.40. The van der Waals surface area contributed by atoms with E-state index < -0.39 is 23.5 Å². The minimum absolute atomic E-state index is 0.0570. The standard InChI is InChI=1S/C14H24N2O4S/c1-2-3-4-5-6-7-14(11(17)18)8-10(20-12(14)19)9-21-13(15)16/h10H,2-9H2,1H3,(H3,15,16)(H,17,18). The number of nitrogens with two attached hydrogens (primary N) is 1. The third-order valence-electron chi connectivity index (χ3n) is 3.78. The number of hydrogen-bond acceptors (Lipinski definition) is 5. The van der Waals surface area contributed by atoms with Gasteiger partial charge in [-0.15, -0.1) is 0 Å². The van der Waals surface area contributed by atoms with Crippen LogP contribution in [0.25, 0.3) is 0 Å². The number of thioether (sulfide) groups is 1. The third-order valence-corrected chi connectivity index (χ3v) is 4.63. The van der Waals surface area contributed by atoms with E-state index >= 15 is 0 Å². The molecule has 1 aliphatic rings. The van der Waals surface area contributed by atoms with Crippen molar-refractivity contribution in [1.29, 1.82) is 5.41 Å². The van der Waals surface area contributed by atoms with Crippen LogP contribution in [-0.2, 0) is 14.3 Å². The maximum absolute atomic E-state index is 12.0. The van der Waals surface area contributed by atoms with Crippen LogP contribution in [0.1, 0.15) is 51.9 Å². The average molecular weight is 316 g/mol. The van der Waals surface area contributed by atoms with Gasteiger partial charge in [-0.25, -0.2) is 0 Å². The first-order valence-corrected chi connectivity index (χ1v) is 8.32. The number of cyclic esters (lactones) is 1. The highest BCUT2D eigenvalue weighted by Gasteiger charge is 2.54. The number of carboxylic acid groups (broad SMARTS) is 1. The zero-order chi connectivity index (χ0) is 15.9. The Morgan fingerprint density at radius 1 is 1.48 bits per heavy atom. The van der Waals surface area contributed by atoms with Crippen molar-refractivity contribution < 1.29 is 19.4 Å². The van der Waals surface area contributed by atoms with Crippen LogP contribution >= 0.6 is 11.8 Å². The minimum atomic E-state index is -1.41. The van der Waals surface area contributed by atoms with Crippen molar-refractivity contribution >= 4 is 28.9 Å². The highest BCUT2D eigenvalue weighted by atomic mass is 32.2. The van der Waals surface area contributed by atoms with Crippen molar-refractivity contribution in [3.05, 3.63) is 0 Å². The first kappa shape index (κ1) is 17.8. The summed E-state index contributed by atoms with van der Waals surface area (Å²) in [7, 11) is 0. The predicted molar refractivity (Wildman–Crippen MR) is 82.3 cm³/mol. The lowest BCUT2D eigenvalue weighted by Crippen LogP contribution is -2.35. The smallest absolute Gasteiger partial charge is 0.323 e. The molecule has 1 heterocycles. The zero-order valence-electron chi connectivity index (χ0n) is 12.4. The molecule has 2 atom stereocenters. The molecule has 21 heavy (non-hydrogen) atoms. The van der Waals surface area contributed by atoms with E-state index in [0.29, 0.717) is 18.6 Å². The molecule has 1 rings (SSSR count). The molecule has 0 amide bonds. The van der Waals surface area contributed by atoms with Gasteiger partial charge in [-0.3, -0.25) is 15.0 Å². The number of ether oxygens (including phenoxy) is 1. The van der Waals surface area contributed by atoms with Gasteiger partial charge in [0.2, 0.25) is 0 Å². The predicted octanol–water partition coefficient (Wildman–Crippen LogP) is 2.36. The van der Waals surface area contributed by atoms with Gasteiger partial charge in [0.25, 0.3) is 0 Å². The first-order chi connectivity index (χ1) is 9.92. The summed E-state index contributed by atoms with van der Waals surface area (Å²) in [6, 6.07) is 0. The number of aliphatic carboxylic acids is 1. The Morgan fingerprint density at radius 3 is 2.71 bits per heavy atom. The van der Waals surface area contributed by atoms with Crippen LogP contribution in [0.15, 0.2) is 0 Å². The molecule has 0 aromatic carbocycles. The van der Waals surface area contributed by atoms with Gasteiger partial charge in [0.05, 0.1) is 0 Å². The Balaban J connectivity index is 2.57. The summed E-state index contributed by atoms with van der Waals surface area (Å²) in [6.07, 6.45) is 4.99. The summed E-state index contributed by atoms with van der Waals surface area (Å²) in [5.41, 5.74) is 3.84. The summed E-state index contributed by atoms with van der Waals surface area (Å²) < 4.78 is 5.17. The summed E-state index contributed by atoms with van der Waals surface area (Å²) in [4.78, 5) is 23.6. The number of esters is 1. The molecule has 0 aromatic heterocycles. The fraction of sp³-hybridized carbons (Fsp3) is 0.786. The first-order valence-electron chi connectivity index (χ1n) is 7.33. The van der Waals surface area contributed by atoms with Crippen LogP contribution in [0.5, 0.6) is 0 Å². The number of rotatable bonds is 9. The summed E-state index contributed by atoms with van der Waals surface area (Å²) in [5, 5.41) is 16.6. The van der Waals surface area contributed by atoms with Gasteiger partial charge in [0, 0.05) is 12.2 Å². The molecule has 0 aromatic rings. The third kappa shape index (κ3) is 4.91. The second kappa shape index (κ2) is 8.26. The molecule has 4 N–H and O–H groups in total. The summed E-state index contributed by atoms with van der Waals surface area (Å²) in [6.45, 7) is 2.12. The van der Waals surface area contributed by atoms with Crippen LogP contribution in [0.4, 0.5) is 0 Å². The monoisotopic (exact) mass is 316 g/mol. The second-order valence-corrected chi connectivity index (χ2v) is 6.52. The van der Waals surface area contributed by atoms with E-state index in [1.165, 1.54) is 0 Å². The largest absolute Gasteiger partial charge is 0.480 e. The van der Waals surface area contributed by atoms with E-state index in [-0.39, 0.29) is 11.6 Å². The molecule has 0 radical (unpaired) electrons. The fourth-order valence-corrected chi connectivity index (χ4v) is 3.12. The van der Waals surface area contributed by atoms with E-state index in [2.05, 4.69) is 6.92 Å². The maximum atomic E-state index is 12.0. The Morgan fingerprint density at radius 2 is 2.14 bits per heavy atom. The van der Waals surface area contributed by atoms with Crippen molar-refractivity contribution in [2.45, 2.75) is 58.0 Å². The van der Waals surface area contributed by atoms with Crippen LogP contribution in [-0.4, -0.2) is 34.1 Å². The van der Waals surface area contributed by atoms with Gasteiger partial charge in [-0.2, -0.15) is 0 Å². The van der Waals surface area contributed by atoms with Crippen molar-refractivity contribution in [2.75, 3.05) is 5.75 Å². The van der Waals surface area contributed by atoms with E-state index in [9.17, 15) is 14.7 Å². The normalized spacial score (nSPS) is 24.8. The number of carboxylic acids is 1. The van der Waals surface area contributed by atoms with Crippen LogP contribution in [0.3, 0.4) is 0 Å². The number of nitrogens with one attached hydrogen (secondary N) is 1. The Kier molecular flexibility index (Phi) is 7.01. The number of hydrogen-bond donors (Lipinski definition) is 3. The molecular formula is C14H24N2O4S. The topological polar surface area (TPSA) is 113 Å². The van der Waals surface area contributed by atoms with Gasteiger partial charge in [0.1, 0.15) is 6.10 Å². The second-order valence-electron chi connectivity index (χ2n) is 5.46. The lowest BCUT2D eigenvalue weighted by Gasteiger charge is -2.19. The van der Waals surface area contributed by atoms with Crippen molar-refractivity contribution in [3.8, 4) is 0 Å². The highest BCUT2D eigenvalue weighted by Crippen LogP contribution is 2.40. The van der Waals surface area contributed by atoms with Gasteiger partial charge in [-0.1, -0.05) is 50.8 Å². The van der Waals surface area contributed by atoms with E-state index in [0.717, 1.165) is 37.4 Å². The average Bonchev–Trinajstić information content (AvgIpc) is 2.74. The molecule has 120 valence electrons. The molecule has 6 nitrogen and oxygen atoms in total. The summed E-state index contributed by atoms with van der Waals surface area (Å²) >= 11 is 1.07. The van der Waals surface area contributed by atoms with Crippen molar-refractivity contribution in [2.24, 2.45) is 11.1 Å². The number of carbonyl (C=O) groups is 2. The Hall–Kier alpha value is -1.24. The van der Waals surface area contributed by atoms with Crippen LogP contribution in [0.2, 0.25) is 0 Å². The maximum Gasteiger partial charge on any atom is 0.323 e. The van der Waals surface area contributed by atoms with Gasteiger partial charge >= 0.3 is 11.9 Å². The van der Waals surface area contributed by atoms with Gasteiger partial charge < -0.3 is 15.6 Å². The van der Waals surface area contributed by atoms with Crippen molar-refractivity contribution in [1.82, 2.24) is 0 Å². The molecule has 0 saturated carbocycles. The van der Waals surface area contributed by atoms with Crippen LogP contribution in [0, 0.1) is 10.8 Å². The molecule has 1 aliphatic heterocycles. The highest BCUT2D eigenvalue weighted by molar-refractivity contribution is 8.13. The number of carbonyl (C=O) groups excluding carboxylic acids is 1. The molecule has 0 spiro atoms. The lowest BCUT2D eigenvalue weighted by atomic mass is 9.80. The lowest BCUT2D eigenvalue weighted by molar-refractivity contribution is -0.161. The fourth-order valence-electron chi connectivity index (χ4n) is 2.57. The van der Waals surface area contributed by atoms with Crippen LogP contribution < -0.4 is 5.73 Å². The molecule has 1 fully saturated rings. The molecule has 2 unspecified atom stereocenters. The molecular weight excluding hydrogens is 292 g/mol. The number of amidine groups is 1. The molecule has 0 aliphatic carbocycles.